The van der Waals surface area contributed by atoms with Crippen molar-refractivity contribution < 1.29 is 0 Å². The van der Waals surface area contributed by atoms with E-state index in [1.165, 1.54) is 0 Å². The van der Waals surface area contributed by atoms with Gasteiger partial charge in [-0.15, -0.1) is 0 Å². The summed E-state index contributed by atoms with van der Waals surface area (Å²) >= 11 is 0. The molecule has 4 heteroatoms. The molecule has 0 aromatic carbocycles. The molecule has 1 unspecified atom stereocenters. The van der Waals surface area contributed by atoms with Crippen LogP contribution in [-0.2, 0) is 7.05 Å². The lowest BCUT2D eigenvalue weighted by Crippen LogP contribution is -2.29. The van der Waals surface area contributed by atoms with Crippen LogP contribution in [0.15, 0.2) is 12.3 Å². The number of hydrogen-bond donors (Lipinski definition) is 2. The molecule has 0 saturated carbocycles. The first kappa shape index (κ1) is 10.2. The van der Waals surface area contributed by atoms with Crippen LogP contribution >= 0.6 is 0 Å². The first-order valence-electron chi connectivity index (χ1n) is 4.59. The molecule has 0 aliphatic rings. The predicted molar refractivity (Wildman–Crippen MR) is 52.7 cm³/mol. The van der Waals surface area contributed by atoms with Gasteiger partial charge in [0.15, 0.2) is 0 Å². The summed E-state index contributed by atoms with van der Waals surface area (Å²) in [5.74, 6) is 6.08. The summed E-state index contributed by atoms with van der Waals surface area (Å²) in [6, 6.07) is 2.16. The number of nitrogens with two attached hydrogens (primary N) is 1. The van der Waals surface area contributed by atoms with Crippen LogP contribution in [0.25, 0.3) is 0 Å². The van der Waals surface area contributed by atoms with Gasteiger partial charge in [0, 0.05) is 13.2 Å². The van der Waals surface area contributed by atoms with Crippen LogP contribution in [0.1, 0.15) is 32.0 Å². The van der Waals surface area contributed by atoms with Gasteiger partial charge in [0.1, 0.15) is 0 Å². The smallest absolute Gasteiger partial charge is 0.0807 e. The molecule has 3 N–H and O–H groups in total. The monoisotopic (exact) mass is 182 g/mol. The molecule has 74 valence electrons. The second kappa shape index (κ2) is 4.39. The Morgan fingerprint density at radius 3 is 2.69 bits per heavy atom. The molecule has 0 radical (unpaired) electrons. The van der Waals surface area contributed by atoms with E-state index in [-0.39, 0.29) is 6.04 Å². The third-order valence-corrected chi connectivity index (χ3v) is 2.00. The fourth-order valence-electron chi connectivity index (χ4n) is 1.36. The zero-order valence-corrected chi connectivity index (χ0v) is 8.49. The third-order valence-electron chi connectivity index (χ3n) is 2.00. The molecule has 0 spiro atoms. The highest BCUT2D eigenvalue weighted by Crippen LogP contribution is 2.17. The van der Waals surface area contributed by atoms with Gasteiger partial charge in [-0.3, -0.25) is 16.0 Å². The standard InChI is InChI=1S/C9H18N4/c1-7(2)6-9(11-10)8-4-5-13(3)12-8/h4-5,7,9,11H,6,10H2,1-3H3. The number of nitrogens with one attached hydrogen (secondary N) is 1. The van der Waals surface area contributed by atoms with E-state index in [0.29, 0.717) is 5.92 Å². The molecule has 13 heavy (non-hydrogen) atoms. The summed E-state index contributed by atoms with van der Waals surface area (Å²) in [5, 5.41) is 4.31. The zero-order valence-electron chi connectivity index (χ0n) is 8.49. The Morgan fingerprint density at radius 1 is 1.62 bits per heavy atom. The quantitative estimate of drug-likeness (QED) is 0.539. The molecule has 0 amide bonds. The Kier molecular flexibility index (Phi) is 3.45. The largest absolute Gasteiger partial charge is 0.275 e. The Hall–Kier alpha value is -0.870. The van der Waals surface area contributed by atoms with Crippen LogP contribution in [0.2, 0.25) is 0 Å². The molecule has 1 aromatic rings. The van der Waals surface area contributed by atoms with Gasteiger partial charge in [-0.2, -0.15) is 5.10 Å². The van der Waals surface area contributed by atoms with Crippen molar-refractivity contribution >= 4 is 0 Å². The predicted octanol–water partition coefficient (Wildman–Crippen LogP) is 0.971. The molecule has 0 saturated heterocycles. The van der Waals surface area contributed by atoms with Gasteiger partial charge in [-0.05, 0) is 18.4 Å². The molecular formula is C9H18N4. The molecule has 1 aromatic heterocycles. The zero-order chi connectivity index (χ0) is 9.84. The fourth-order valence-corrected chi connectivity index (χ4v) is 1.36. The van der Waals surface area contributed by atoms with Crippen molar-refractivity contribution in [1.82, 2.24) is 15.2 Å². The van der Waals surface area contributed by atoms with Crippen molar-refractivity contribution in [3.63, 3.8) is 0 Å². The van der Waals surface area contributed by atoms with E-state index in [4.69, 9.17) is 5.84 Å². The first-order valence-corrected chi connectivity index (χ1v) is 4.59. The molecule has 0 fully saturated rings. The minimum atomic E-state index is 0.168. The molecule has 0 aliphatic heterocycles. The third kappa shape index (κ3) is 2.82. The minimum absolute atomic E-state index is 0.168. The highest BCUT2D eigenvalue weighted by atomic mass is 15.3. The number of hydrogen-bond acceptors (Lipinski definition) is 3. The molecule has 1 heterocycles. The molecule has 1 rings (SSSR count). The van der Waals surface area contributed by atoms with Crippen molar-refractivity contribution in [2.45, 2.75) is 26.3 Å². The molecular weight excluding hydrogens is 164 g/mol. The lowest BCUT2D eigenvalue weighted by Gasteiger charge is -2.15. The Morgan fingerprint density at radius 2 is 2.31 bits per heavy atom. The highest BCUT2D eigenvalue weighted by molar-refractivity contribution is 5.04. The maximum atomic E-state index is 5.46. The lowest BCUT2D eigenvalue weighted by atomic mass is 10.0. The molecule has 1 atom stereocenters. The second-order valence-corrected chi connectivity index (χ2v) is 3.76. The fraction of sp³-hybridized carbons (Fsp3) is 0.667. The van der Waals surface area contributed by atoms with E-state index in [9.17, 15) is 0 Å². The van der Waals surface area contributed by atoms with Crippen LogP contribution < -0.4 is 11.3 Å². The normalized spacial score (nSPS) is 13.6. The van der Waals surface area contributed by atoms with Gasteiger partial charge in [-0.1, -0.05) is 13.8 Å². The van der Waals surface area contributed by atoms with Gasteiger partial charge in [0.2, 0.25) is 0 Å². The van der Waals surface area contributed by atoms with Crippen LogP contribution in [0.3, 0.4) is 0 Å². The summed E-state index contributed by atoms with van der Waals surface area (Å²) in [4.78, 5) is 0. The van der Waals surface area contributed by atoms with E-state index < -0.39 is 0 Å². The van der Waals surface area contributed by atoms with E-state index in [2.05, 4.69) is 24.4 Å². The number of nitrogens with zero attached hydrogens (tertiary/aromatic N) is 2. The van der Waals surface area contributed by atoms with Crippen molar-refractivity contribution in [1.29, 1.82) is 0 Å². The first-order chi connectivity index (χ1) is 6.13. The summed E-state index contributed by atoms with van der Waals surface area (Å²) < 4.78 is 1.79. The maximum absolute atomic E-state index is 5.46. The van der Waals surface area contributed by atoms with Crippen LogP contribution in [0, 0.1) is 5.92 Å². The van der Waals surface area contributed by atoms with E-state index in [0.717, 1.165) is 12.1 Å². The van der Waals surface area contributed by atoms with Gasteiger partial charge >= 0.3 is 0 Å². The molecule has 0 aliphatic carbocycles. The van der Waals surface area contributed by atoms with Crippen molar-refractivity contribution in [3.05, 3.63) is 18.0 Å². The van der Waals surface area contributed by atoms with E-state index in [1.54, 1.807) is 4.68 Å². The number of aromatic nitrogens is 2. The van der Waals surface area contributed by atoms with Crippen molar-refractivity contribution in [3.8, 4) is 0 Å². The van der Waals surface area contributed by atoms with Crippen LogP contribution in [-0.4, -0.2) is 9.78 Å². The van der Waals surface area contributed by atoms with Crippen LogP contribution in [0.4, 0.5) is 0 Å². The summed E-state index contributed by atoms with van der Waals surface area (Å²) in [7, 11) is 1.91. The number of rotatable bonds is 4. The highest BCUT2D eigenvalue weighted by Gasteiger charge is 2.13. The maximum Gasteiger partial charge on any atom is 0.0807 e. The van der Waals surface area contributed by atoms with Gasteiger partial charge < -0.3 is 0 Å². The number of hydrazine groups is 1. The minimum Gasteiger partial charge on any atom is -0.275 e. The van der Waals surface area contributed by atoms with Gasteiger partial charge in [0.25, 0.3) is 0 Å². The van der Waals surface area contributed by atoms with Gasteiger partial charge in [0.05, 0.1) is 11.7 Å². The summed E-state index contributed by atoms with van der Waals surface area (Å²) in [6.45, 7) is 4.35. The van der Waals surface area contributed by atoms with Crippen LogP contribution in [0.5, 0.6) is 0 Å². The van der Waals surface area contributed by atoms with Crippen molar-refractivity contribution in [2.24, 2.45) is 18.8 Å². The average molecular weight is 182 g/mol. The Bertz CT molecular complexity index is 254. The van der Waals surface area contributed by atoms with E-state index in [1.807, 2.05) is 19.3 Å². The topological polar surface area (TPSA) is 55.9 Å². The van der Waals surface area contributed by atoms with Crippen molar-refractivity contribution in [2.75, 3.05) is 0 Å². The summed E-state index contributed by atoms with van der Waals surface area (Å²) in [5.41, 5.74) is 3.80. The van der Waals surface area contributed by atoms with Gasteiger partial charge in [-0.25, -0.2) is 0 Å². The summed E-state index contributed by atoms with van der Waals surface area (Å²) in [6.07, 6.45) is 2.94. The Balaban J connectivity index is 2.66. The van der Waals surface area contributed by atoms with E-state index >= 15 is 0 Å². The average Bonchev–Trinajstić information content (AvgIpc) is 2.47. The second-order valence-electron chi connectivity index (χ2n) is 3.76. The molecule has 0 bridgehead atoms. The SMILES string of the molecule is CC(C)CC(NN)c1ccn(C)n1. The number of aryl methyl sites for hydroxylation is 1. The lowest BCUT2D eigenvalue weighted by molar-refractivity contribution is 0.427. The molecule has 4 nitrogen and oxygen atoms in total. The Labute approximate surface area is 79.1 Å².